The quantitative estimate of drug-likeness (QED) is 0.755. The lowest BCUT2D eigenvalue weighted by atomic mass is 9.96. The molecule has 1 aliphatic carbocycles. The molecule has 5 heteroatoms. The molecule has 2 aromatic rings. The summed E-state index contributed by atoms with van der Waals surface area (Å²) in [6.07, 6.45) is 7.10. The molecule has 0 saturated heterocycles. The Balaban J connectivity index is 1.65. The number of nitrogens with one attached hydrogen (secondary N) is 3. The third-order valence-electron chi connectivity index (χ3n) is 5.34. The second kappa shape index (κ2) is 7.30. The van der Waals surface area contributed by atoms with E-state index in [4.69, 9.17) is 0 Å². The van der Waals surface area contributed by atoms with Crippen molar-refractivity contribution in [2.75, 3.05) is 0 Å². The van der Waals surface area contributed by atoms with E-state index < -0.39 is 5.54 Å². The zero-order valence-electron chi connectivity index (χ0n) is 15.0. The van der Waals surface area contributed by atoms with Crippen LogP contribution in [-0.4, -0.2) is 28.4 Å². The summed E-state index contributed by atoms with van der Waals surface area (Å²) < 4.78 is 0. The second-order valence-corrected chi connectivity index (χ2v) is 7.22. The third kappa shape index (κ3) is 3.86. The summed E-state index contributed by atoms with van der Waals surface area (Å²) >= 11 is 0. The molecule has 134 valence electrons. The van der Waals surface area contributed by atoms with Crippen LogP contribution in [0, 0.1) is 0 Å². The van der Waals surface area contributed by atoms with Crippen molar-refractivity contribution in [3.63, 3.8) is 0 Å². The van der Waals surface area contributed by atoms with Crippen LogP contribution in [0.15, 0.2) is 30.5 Å². The smallest absolute Gasteiger partial charge is 0.245 e. The summed E-state index contributed by atoms with van der Waals surface area (Å²) in [6.45, 7) is 3.74. The molecule has 1 saturated carbocycles. The summed E-state index contributed by atoms with van der Waals surface area (Å²) in [5.41, 5.74) is 1.09. The van der Waals surface area contributed by atoms with Gasteiger partial charge in [0.05, 0.1) is 6.42 Å². The summed E-state index contributed by atoms with van der Waals surface area (Å²) in [4.78, 5) is 28.4. The molecular weight excluding hydrogens is 314 g/mol. The zero-order valence-corrected chi connectivity index (χ0v) is 15.0. The molecule has 1 atom stereocenters. The fraction of sp³-hybridized carbons (Fsp3) is 0.500. The largest absolute Gasteiger partial charge is 0.361 e. The average Bonchev–Trinajstić information content (AvgIpc) is 3.25. The Bertz CT molecular complexity index is 761. The summed E-state index contributed by atoms with van der Waals surface area (Å²) in [5, 5.41) is 7.11. The predicted molar refractivity (Wildman–Crippen MR) is 99.2 cm³/mol. The van der Waals surface area contributed by atoms with Gasteiger partial charge < -0.3 is 15.6 Å². The highest BCUT2D eigenvalue weighted by molar-refractivity contribution is 5.93. The minimum absolute atomic E-state index is 0.0748. The van der Waals surface area contributed by atoms with Gasteiger partial charge in [-0.3, -0.25) is 9.59 Å². The molecular formula is C20H27N3O2. The Morgan fingerprint density at radius 1 is 1.24 bits per heavy atom. The Morgan fingerprint density at radius 2 is 1.96 bits per heavy atom. The standard InChI is InChI=1S/C20H27N3O2/c1-3-20(2,19(25)22-15-8-4-5-9-15)23-18(24)12-14-13-21-17-11-7-6-10-16(14)17/h6-7,10-11,13,15,21H,3-5,8-9,12H2,1-2H3,(H,22,25)(H,23,24)/t20-/m1/s1. The highest BCUT2D eigenvalue weighted by Gasteiger charge is 2.34. The van der Waals surface area contributed by atoms with E-state index in [0.29, 0.717) is 6.42 Å². The number of carbonyl (C=O) groups is 2. The number of aromatic amines is 1. The first kappa shape index (κ1) is 17.5. The van der Waals surface area contributed by atoms with E-state index in [2.05, 4.69) is 15.6 Å². The monoisotopic (exact) mass is 341 g/mol. The van der Waals surface area contributed by atoms with Crippen molar-refractivity contribution < 1.29 is 9.59 Å². The molecule has 3 rings (SSSR count). The molecule has 1 aliphatic rings. The van der Waals surface area contributed by atoms with Crippen molar-refractivity contribution in [3.8, 4) is 0 Å². The predicted octanol–water partition coefficient (Wildman–Crippen LogP) is 3.05. The maximum Gasteiger partial charge on any atom is 0.245 e. The van der Waals surface area contributed by atoms with Crippen LogP contribution in [0.4, 0.5) is 0 Å². The first-order valence-corrected chi connectivity index (χ1v) is 9.19. The molecule has 2 amide bonds. The maximum atomic E-state index is 12.7. The number of para-hydroxylation sites is 1. The number of rotatable bonds is 6. The Labute approximate surface area is 148 Å². The van der Waals surface area contributed by atoms with Crippen LogP contribution in [-0.2, 0) is 16.0 Å². The summed E-state index contributed by atoms with van der Waals surface area (Å²) in [7, 11) is 0. The van der Waals surface area contributed by atoms with E-state index >= 15 is 0 Å². The van der Waals surface area contributed by atoms with E-state index in [-0.39, 0.29) is 24.3 Å². The van der Waals surface area contributed by atoms with Gasteiger partial charge in [-0.15, -0.1) is 0 Å². The van der Waals surface area contributed by atoms with Crippen LogP contribution < -0.4 is 10.6 Å². The van der Waals surface area contributed by atoms with Gasteiger partial charge in [-0.05, 0) is 37.8 Å². The minimum Gasteiger partial charge on any atom is -0.361 e. The summed E-state index contributed by atoms with van der Waals surface area (Å²) in [6, 6.07) is 8.17. The first-order valence-electron chi connectivity index (χ1n) is 9.19. The maximum absolute atomic E-state index is 12.7. The van der Waals surface area contributed by atoms with E-state index in [0.717, 1.165) is 29.3 Å². The van der Waals surface area contributed by atoms with Gasteiger partial charge in [0.15, 0.2) is 0 Å². The Hall–Kier alpha value is -2.30. The highest BCUT2D eigenvalue weighted by Crippen LogP contribution is 2.21. The number of H-pyrrole nitrogens is 1. The van der Waals surface area contributed by atoms with E-state index in [1.807, 2.05) is 44.3 Å². The topological polar surface area (TPSA) is 74.0 Å². The third-order valence-corrected chi connectivity index (χ3v) is 5.34. The normalized spacial score (nSPS) is 17.4. The number of hydrogen-bond donors (Lipinski definition) is 3. The molecule has 3 N–H and O–H groups in total. The zero-order chi connectivity index (χ0) is 17.9. The van der Waals surface area contributed by atoms with Crippen LogP contribution in [0.2, 0.25) is 0 Å². The van der Waals surface area contributed by atoms with Gasteiger partial charge in [0.1, 0.15) is 5.54 Å². The van der Waals surface area contributed by atoms with E-state index in [1.54, 1.807) is 0 Å². The molecule has 0 spiro atoms. The van der Waals surface area contributed by atoms with Crippen LogP contribution in [0.3, 0.4) is 0 Å². The van der Waals surface area contributed by atoms with Crippen molar-refractivity contribution >= 4 is 22.7 Å². The van der Waals surface area contributed by atoms with Crippen LogP contribution >= 0.6 is 0 Å². The highest BCUT2D eigenvalue weighted by atomic mass is 16.2. The van der Waals surface area contributed by atoms with Crippen LogP contribution in [0.1, 0.15) is 51.5 Å². The number of hydrogen-bond acceptors (Lipinski definition) is 2. The number of benzene rings is 1. The van der Waals surface area contributed by atoms with E-state index in [1.165, 1.54) is 12.8 Å². The van der Waals surface area contributed by atoms with Crippen LogP contribution in [0.5, 0.6) is 0 Å². The molecule has 5 nitrogen and oxygen atoms in total. The van der Waals surface area contributed by atoms with Crippen molar-refractivity contribution in [3.05, 3.63) is 36.0 Å². The molecule has 1 aromatic carbocycles. The van der Waals surface area contributed by atoms with Gasteiger partial charge in [0.25, 0.3) is 0 Å². The fourth-order valence-electron chi connectivity index (χ4n) is 3.52. The second-order valence-electron chi connectivity index (χ2n) is 7.22. The number of fused-ring (bicyclic) bond motifs is 1. The number of carbonyl (C=O) groups excluding carboxylic acids is 2. The molecule has 0 aliphatic heterocycles. The summed E-state index contributed by atoms with van der Waals surface area (Å²) in [5.74, 6) is -0.204. The van der Waals surface area contributed by atoms with Crippen molar-refractivity contribution in [1.29, 1.82) is 0 Å². The van der Waals surface area contributed by atoms with Gasteiger partial charge in [0.2, 0.25) is 11.8 Å². The first-order chi connectivity index (χ1) is 12.0. The fourth-order valence-corrected chi connectivity index (χ4v) is 3.52. The van der Waals surface area contributed by atoms with Gasteiger partial charge in [-0.25, -0.2) is 0 Å². The molecule has 1 aromatic heterocycles. The van der Waals surface area contributed by atoms with Crippen molar-refractivity contribution in [1.82, 2.24) is 15.6 Å². The van der Waals surface area contributed by atoms with Gasteiger partial charge >= 0.3 is 0 Å². The molecule has 0 radical (unpaired) electrons. The Morgan fingerprint density at radius 3 is 2.68 bits per heavy atom. The molecule has 1 fully saturated rings. The minimum atomic E-state index is -0.869. The Kier molecular flexibility index (Phi) is 5.11. The van der Waals surface area contributed by atoms with Gasteiger partial charge in [-0.1, -0.05) is 38.0 Å². The number of aromatic nitrogens is 1. The van der Waals surface area contributed by atoms with Crippen LogP contribution in [0.25, 0.3) is 10.9 Å². The lowest BCUT2D eigenvalue weighted by Gasteiger charge is -2.30. The lowest BCUT2D eigenvalue weighted by Crippen LogP contribution is -2.58. The SMILES string of the molecule is CC[C@@](C)(NC(=O)Cc1c[nH]c2ccccc12)C(=O)NC1CCCC1. The van der Waals surface area contributed by atoms with Crippen molar-refractivity contribution in [2.24, 2.45) is 0 Å². The molecule has 1 heterocycles. The van der Waals surface area contributed by atoms with Gasteiger partial charge in [0, 0.05) is 23.1 Å². The van der Waals surface area contributed by atoms with Gasteiger partial charge in [-0.2, -0.15) is 0 Å². The van der Waals surface area contributed by atoms with Crippen molar-refractivity contribution in [2.45, 2.75) is 64.0 Å². The lowest BCUT2D eigenvalue weighted by molar-refractivity contribution is -0.133. The average molecular weight is 341 g/mol. The molecule has 25 heavy (non-hydrogen) atoms. The molecule has 0 bridgehead atoms. The number of amides is 2. The van der Waals surface area contributed by atoms with E-state index in [9.17, 15) is 9.59 Å². The molecule has 0 unspecified atom stereocenters.